The highest BCUT2D eigenvalue weighted by molar-refractivity contribution is 6.31. The van der Waals surface area contributed by atoms with Crippen LogP contribution in [0.15, 0.2) is 117 Å². The Morgan fingerprint density at radius 3 is 2.38 bits per heavy atom. The second kappa shape index (κ2) is 11.8. The molecule has 0 saturated heterocycles. The van der Waals surface area contributed by atoms with Gasteiger partial charge >= 0.3 is 0 Å². The van der Waals surface area contributed by atoms with Crippen molar-refractivity contribution in [2.75, 3.05) is 14.2 Å². The first kappa shape index (κ1) is 28.2. The van der Waals surface area contributed by atoms with Gasteiger partial charge in [-0.3, -0.25) is 4.79 Å². The summed E-state index contributed by atoms with van der Waals surface area (Å²) in [4.78, 5) is 18.4. The lowest BCUT2D eigenvalue weighted by Crippen LogP contribution is -2.20. The van der Waals surface area contributed by atoms with Gasteiger partial charge < -0.3 is 18.6 Å². The standard InChI is InChI=1S/C36H26ClN3O5/c1-42-31-16-22(17-32(43-2)34(31)44-21-24-10-7-9-23-8-3-4-11-27(23)24)20-38-40-35(39-29-13-6-5-12-28(29)36(40)41)33-19-25-18-26(37)14-15-30(25)45-33/h3-20H,21H2,1-2H3. The molecule has 9 heteroatoms. The van der Waals surface area contributed by atoms with Crippen LogP contribution < -0.4 is 19.8 Å². The number of hydrogen-bond acceptors (Lipinski definition) is 7. The molecule has 0 unspecified atom stereocenters. The lowest BCUT2D eigenvalue weighted by Gasteiger charge is -2.16. The van der Waals surface area contributed by atoms with E-state index in [0.29, 0.717) is 56.7 Å². The van der Waals surface area contributed by atoms with E-state index in [4.69, 9.17) is 35.2 Å². The van der Waals surface area contributed by atoms with Crippen LogP contribution in [0, 0.1) is 0 Å². The monoisotopic (exact) mass is 615 g/mol. The Bertz CT molecular complexity index is 2280. The number of nitrogens with zero attached hydrogens (tertiary/aromatic N) is 3. The van der Waals surface area contributed by atoms with E-state index in [1.807, 2.05) is 30.3 Å². The molecule has 0 bridgehead atoms. The Morgan fingerprint density at radius 1 is 0.844 bits per heavy atom. The lowest BCUT2D eigenvalue weighted by molar-refractivity contribution is 0.267. The number of ether oxygens (including phenoxy) is 3. The predicted octanol–water partition coefficient (Wildman–Crippen LogP) is 8.09. The predicted molar refractivity (Wildman–Crippen MR) is 177 cm³/mol. The van der Waals surface area contributed by atoms with Crippen molar-refractivity contribution in [1.29, 1.82) is 0 Å². The molecule has 5 aromatic carbocycles. The van der Waals surface area contributed by atoms with E-state index >= 15 is 0 Å². The molecule has 222 valence electrons. The Labute approximate surface area is 262 Å². The molecular formula is C36H26ClN3O5. The maximum absolute atomic E-state index is 13.7. The zero-order chi connectivity index (χ0) is 30.9. The van der Waals surface area contributed by atoms with Crippen LogP contribution in [0.3, 0.4) is 0 Å². The number of furan rings is 1. The summed E-state index contributed by atoms with van der Waals surface area (Å²) in [6, 6.07) is 32.0. The Morgan fingerprint density at radius 2 is 1.58 bits per heavy atom. The van der Waals surface area contributed by atoms with Crippen molar-refractivity contribution >= 4 is 50.5 Å². The molecule has 7 aromatic rings. The number of halogens is 1. The van der Waals surface area contributed by atoms with Gasteiger partial charge in [0.1, 0.15) is 12.2 Å². The van der Waals surface area contributed by atoms with Crippen LogP contribution in [0.1, 0.15) is 11.1 Å². The van der Waals surface area contributed by atoms with Crippen LogP contribution >= 0.6 is 11.6 Å². The van der Waals surface area contributed by atoms with E-state index in [1.165, 1.54) is 4.68 Å². The number of rotatable bonds is 8. The van der Waals surface area contributed by atoms with Crippen LogP contribution in [-0.2, 0) is 6.61 Å². The van der Waals surface area contributed by atoms with Gasteiger partial charge in [0.05, 0.1) is 31.3 Å². The molecule has 0 saturated carbocycles. The Kier molecular flexibility index (Phi) is 7.41. The van der Waals surface area contributed by atoms with Crippen LogP contribution in [-0.4, -0.2) is 30.1 Å². The minimum Gasteiger partial charge on any atom is -0.493 e. The van der Waals surface area contributed by atoms with Crippen molar-refractivity contribution < 1.29 is 18.6 Å². The number of para-hydroxylation sites is 1. The zero-order valence-electron chi connectivity index (χ0n) is 24.4. The lowest BCUT2D eigenvalue weighted by atomic mass is 10.1. The highest BCUT2D eigenvalue weighted by Gasteiger charge is 2.18. The second-order valence-corrected chi connectivity index (χ2v) is 10.7. The molecule has 0 spiro atoms. The number of hydrogen-bond donors (Lipinski definition) is 0. The van der Waals surface area contributed by atoms with Gasteiger partial charge in [0, 0.05) is 16.0 Å². The van der Waals surface area contributed by atoms with Gasteiger partial charge in [0.15, 0.2) is 17.3 Å². The van der Waals surface area contributed by atoms with E-state index in [9.17, 15) is 4.79 Å². The number of aromatic nitrogens is 2. The average Bonchev–Trinajstić information content (AvgIpc) is 3.49. The zero-order valence-corrected chi connectivity index (χ0v) is 25.1. The first-order valence-corrected chi connectivity index (χ1v) is 14.5. The largest absolute Gasteiger partial charge is 0.493 e. The third kappa shape index (κ3) is 5.36. The van der Waals surface area contributed by atoms with Crippen molar-refractivity contribution in [3.05, 3.63) is 130 Å². The molecule has 0 aliphatic heterocycles. The van der Waals surface area contributed by atoms with E-state index < -0.39 is 0 Å². The van der Waals surface area contributed by atoms with E-state index in [0.717, 1.165) is 21.7 Å². The summed E-state index contributed by atoms with van der Waals surface area (Å²) in [6.45, 7) is 0.311. The third-order valence-electron chi connectivity index (χ3n) is 7.51. The molecule has 0 amide bonds. The molecule has 0 aliphatic rings. The van der Waals surface area contributed by atoms with Gasteiger partial charge in [0.25, 0.3) is 5.56 Å². The quantitative estimate of drug-likeness (QED) is 0.161. The van der Waals surface area contributed by atoms with Crippen molar-refractivity contribution in [3.8, 4) is 28.8 Å². The third-order valence-corrected chi connectivity index (χ3v) is 7.74. The van der Waals surface area contributed by atoms with Gasteiger partial charge in [-0.15, -0.1) is 0 Å². The van der Waals surface area contributed by atoms with Gasteiger partial charge in [-0.25, -0.2) is 4.98 Å². The molecule has 2 aromatic heterocycles. The highest BCUT2D eigenvalue weighted by atomic mass is 35.5. The maximum Gasteiger partial charge on any atom is 0.282 e. The highest BCUT2D eigenvalue weighted by Crippen LogP contribution is 2.39. The Hall–Kier alpha value is -5.60. The summed E-state index contributed by atoms with van der Waals surface area (Å²) in [6.07, 6.45) is 1.54. The van der Waals surface area contributed by atoms with Crippen LogP contribution in [0.25, 0.3) is 44.2 Å². The van der Waals surface area contributed by atoms with Gasteiger partial charge in [-0.2, -0.15) is 9.78 Å². The summed E-state index contributed by atoms with van der Waals surface area (Å²) in [7, 11) is 3.12. The minimum atomic E-state index is -0.348. The number of fused-ring (bicyclic) bond motifs is 3. The summed E-state index contributed by atoms with van der Waals surface area (Å²) in [5.74, 6) is 1.98. The molecule has 0 atom stereocenters. The maximum atomic E-state index is 13.7. The molecule has 0 radical (unpaired) electrons. The summed E-state index contributed by atoms with van der Waals surface area (Å²) >= 11 is 6.20. The SMILES string of the molecule is COc1cc(C=Nn2c(-c3cc4cc(Cl)ccc4o3)nc3ccccc3c2=O)cc(OC)c1OCc1cccc2ccccc12. The van der Waals surface area contributed by atoms with E-state index in [1.54, 1.807) is 75.0 Å². The molecule has 0 fully saturated rings. The average molecular weight is 616 g/mol. The molecule has 8 nitrogen and oxygen atoms in total. The van der Waals surface area contributed by atoms with Crippen molar-refractivity contribution in [3.63, 3.8) is 0 Å². The fraction of sp³-hybridized carbons (Fsp3) is 0.0833. The van der Waals surface area contributed by atoms with Gasteiger partial charge in [0.2, 0.25) is 11.6 Å². The molecule has 2 heterocycles. The van der Waals surface area contributed by atoms with Crippen LogP contribution in [0.4, 0.5) is 0 Å². The smallest absolute Gasteiger partial charge is 0.282 e. The fourth-order valence-electron chi connectivity index (χ4n) is 5.32. The van der Waals surface area contributed by atoms with Crippen molar-refractivity contribution in [1.82, 2.24) is 9.66 Å². The summed E-state index contributed by atoms with van der Waals surface area (Å²) in [5, 5.41) is 8.60. The van der Waals surface area contributed by atoms with E-state index in [2.05, 4.69) is 23.3 Å². The van der Waals surface area contributed by atoms with Crippen LogP contribution in [0.2, 0.25) is 5.02 Å². The van der Waals surface area contributed by atoms with Crippen LogP contribution in [0.5, 0.6) is 17.2 Å². The molecule has 0 N–H and O–H groups in total. The van der Waals surface area contributed by atoms with Gasteiger partial charge in [-0.05, 0) is 64.9 Å². The first-order valence-electron chi connectivity index (χ1n) is 14.1. The molecular weight excluding hydrogens is 590 g/mol. The number of methoxy groups -OCH3 is 2. The summed E-state index contributed by atoms with van der Waals surface area (Å²) < 4.78 is 25.0. The fourth-order valence-corrected chi connectivity index (χ4v) is 5.50. The first-order chi connectivity index (χ1) is 22.0. The van der Waals surface area contributed by atoms with Crippen molar-refractivity contribution in [2.24, 2.45) is 5.10 Å². The van der Waals surface area contributed by atoms with Gasteiger partial charge in [-0.1, -0.05) is 66.2 Å². The number of benzene rings is 5. The van der Waals surface area contributed by atoms with Crippen molar-refractivity contribution in [2.45, 2.75) is 6.61 Å². The molecule has 7 rings (SSSR count). The molecule has 45 heavy (non-hydrogen) atoms. The Balaban J connectivity index is 1.28. The minimum absolute atomic E-state index is 0.247. The summed E-state index contributed by atoms with van der Waals surface area (Å²) in [5.41, 5.74) is 2.44. The normalized spacial score (nSPS) is 11.5. The topological polar surface area (TPSA) is 88.1 Å². The second-order valence-electron chi connectivity index (χ2n) is 10.3. The van der Waals surface area contributed by atoms with E-state index in [-0.39, 0.29) is 11.4 Å². The molecule has 0 aliphatic carbocycles.